The minimum Gasteiger partial charge on any atom is -0.512 e. The van der Waals surface area contributed by atoms with Crippen LogP contribution in [0.15, 0.2) is 78.8 Å². The van der Waals surface area contributed by atoms with E-state index >= 15 is 0 Å². The molecule has 33 heavy (non-hydrogen) atoms. The zero-order chi connectivity index (χ0) is 22.9. The summed E-state index contributed by atoms with van der Waals surface area (Å²) in [5, 5.41) is 10.9. The number of fused-ring (bicyclic) bond motifs is 5. The van der Waals surface area contributed by atoms with Gasteiger partial charge in [0.1, 0.15) is 6.33 Å². The Kier molecular flexibility index (Phi) is 7.26. The first-order valence-electron chi connectivity index (χ1n) is 10.5. The molecule has 3 aromatic carbocycles. The van der Waals surface area contributed by atoms with Crippen LogP contribution in [0.2, 0.25) is 0 Å². The summed E-state index contributed by atoms with van der Waals surface area (Å²) in [6.45, 7) is 7.37. The molecule has 0 atom stereocenters. The van der Waals surface area contributed by atoms with Crippen LogP contribution in [0.4, 0.5) is 0 Å². The number of hydrogen-bond acceptors (Lipinski definition) is 4. The van der Waals surface area contributed by atoms with E-state index in [0.29, 0.717) is 0 Å². The number of aromatic nitrogens is 2. The van der Waals surface area contributed by atoms with Gasteiger partial charge in [-0.05, 0) is 47.0 Å². The Morgan fingerprint density at radius 3 is 2.36 bits per heavy atom. The van der Waals surface area contributed by atoms with Gasteiger partial charge in [0.2, 0.25) is 0 Å². The Hall–Kier alpha value is -3.14. The predicted molar refractivity (Wildman–Crippen MR) is 128 cm³/mol. The third-order valence-electron chi connectivity index (χ3n) is 5.64. The molecule has 0 aliphatic heterocycles. The molecule has 1 aliphatic carbocycles. The third-order valence-corrected chi connectivity index (χ3v) is 5.64. The van der Waals surface area contributed by atoms with Crippen LogP contribution in [0.25, 0.3) is 33.2 Å². The molecule has 1 heterocycles. The molecule has 5 heteroatoms. The number of hydrogen-bond donors (Lipinski definition) is 1. The second-order valence-corrected chi connectivity index (χ2v) is 8.45. The molecule has 4 nitrogen and oxygen atoms in total. The van der Waals surface area contributed by atoms with Crippen LogP contribution in [0.1, 0.15) is 39.0 Å². The molecule has 1 N–H and O–H groups in total. The zero-order valence-electron chi connectivity index (χ0n) is 19.0. The molecule has 0 amide bonds. The van der Waals surface area contributed by atoms with Gasteiger partial charge in [-0.3, -0.25) is 9.78 Å². The standard InChI is InChI=1S/C23H17N2.C5H8O2.Ir/c1-23(2)20-17-11-7-6-8-15(17)12-13-18(20)19-21(24-14-25-22(19)23)16-9-4-3-5-10-16;1-4(6)3-5(2)7;/h3-9,11-14H,1-2H3;3,6H,1-2H3;/q-1;;/b;4-3-;. The number of benzene rings is 3. The van der Waals surface area contributed by atoms with Gasteiger partial charge in [-0.25, -0.2) is 4.98 Å². The summed E-state index contributed by atoms with van der Waals surface area (Å²) in [6, 6.07) is 24.3. The number of ketones is 1. The van der Waals surface area contributed by atoms with Crippen molar-refractivity contribution in [1.29, 1.82) is 0 Å². The van der Waals surface area contributed by atoms with E-state index in [1.165, 1.54) is 41.8 Å². The van der Waals surface area contributed by atoms with Gasteiger partial charge >= 0.3 is 0 Å². The quantitative estimate of drug-likeness (QED) is 0.161. The Morgan fingerprint density at radius 1 is 1.00 bits per heavy atom. The fourth-order valence-electron chi connectivity index (χ4n) is 4.43. The Morgan fingerprint density at radius 2 is 1.73 bits per heavy atom. The van der Waals surface area contributed by atoms with Crippen LogP contribution in [-0.2, 0) is 30.3 Å². The van der Waals surface area contributed by atoms with Gasteiger partial charge in [-0.1, -0.05) is 50.2 Å². The average Bonchev–Trinajstić information content (AvgIpc) is 3.01. The van der Waals surface area contributed by atoms with Crippen molar-refractivity contribution in [1.82, 2.24) is 9.97 Å². The molecule has 5 rings (SSSR count). The molecule has 0 unspecified atom stereocenters. The van der Waals surface area contributed by atoms with Crippen LogP contribution in [0, 0.1) is 6.07 Å². The number of nitrogens with zero attached hydrogens (tertiary/aromatic N) is 2. The van der Waals surface area contributed by atoms with E-state index in [4.69, 9.17) is 10.1 Å². The maximum atomic E-state index is 10.0. The van der Waals surface area contributed by atoms with Gasteiger partial charge in [0.25, 0.3) is 0 Å². The van der Waals surface area contributed by atoms with Gasteiger partial charge in [0, 0.05) is 31.6 Å². The number of rotatable bonds is 2. The molecule has 1 aromatic heterocycles. The molecule has 0 fully saturated rings. The smallest absolute Gasteiger partial charge is 0.155 e. The van der Waals surface area contributed by atoms with E-state index in [1.807, 2.05) is 18.2 Å². The van der Waals surface area contributed by atoms with E-state index < -0.39 is 0 Å². The van der Waals surface area contributed by atoms with E-state index in [0.717, 1.165) is 22.5 Å². The first-order chi connectivity index (χ1) is 15.3. The molecule has 169 valence electrons. The van der Waals surface area contributed by atoms with Crippen LogP contribution in [0.5, 0.6) is 0 Å². The van der Waals surface area contributed by atoms with Crippen molar-refractivity contribution >= 4 is 16.6 Å². The van der Waals surface area contributed by atoms with Crippen molar-refractivity contribution < 1.29 is 30.0 Å². The largest absolute Gasteiger partial charge is 0.512 e. The molecule has 0 bridgehead atoms. The summed E-state index contributed by atoms with van der Waals surface area (Å²) in [6.07, 6.45) is 2.85. The number of carbonyl (C=O) groups excluding carboxylic acids is 1. The summed E-state index contributed by atoms with van der Waals surface area (Å²) in [4.78, 5) is 19.3. The topological polar surface area (TPSA) is 63.1 Å². The van der Waals surface area contributed by atoms with Crippen LogP contribution in [0.3, 0.4) is 0 Å². The molecular weight excluding hydrogens is 589 g/mol. The summed E-state index contributed by atoms with van der Waals surface area (Å²) < 4.78 is 0. The van der Waals surface area contributed by atoms with Gasteiger partial charge in [-0.15, -0.1) is 35.9 Å². The van der Waals surface area contributed by atoms with Crippen LogP contribution < -0.4 is 0 Å². The van der Waals surface area contributed by atoms with Crippen molar-refractivity contribution in [2.75, 3.05) is 0 Å². The maximum Gasteiger partial charge on any atom is 0.155 e. The molecule has 0 saturated carbocycles. The summed E-state index contributed by atoms with van der Waals surface area (Å²) in [7, 11) is 0. The van der Waals surface area contributed by atoms with E-state index in [-0.39, 0.29) is 37.1 Å². The number of carbonyl (C=O) groups is 1. The number of aliphatic hydroxyl groups excluding tert-OH is 1. The van der Waals surface area contributed by atoms with Crippen molar-refractivity contribution in [3.8, 4) is 22.4 Å². The number of aliphatic hydroxyl groups is 1. The zero-order valence-corrected chi connectivity index (χ0v) is 21.4. The van der Waals surface area contributed by atoms with E-state index in [9.17, 15) is 4.79 Å². The van der Waals surface area contributed by atoms with Crippen molar-refractivity contribution in [3.63, 3.8) is 0 Å². The Labute approximate surface area is 207 Å². The second-order valence-electron chi connectivity index (χ2n) is 8.45. The van der Waals surface area contributed by atoms with Crippen LogP contribution in [-0.4, -0.2) is 20.9 Å². The predicted octanol–water partition coefficient (Wildman–Crippen LogP) is 6.44. The minimum atomic E-state index is -0.155. The summed E-state index contributed by atoms with van der Waals surface area (Å²) >= 11 is 0. The van der Waals surface area contributed by atoms with Crippen molar-refractivity contribution in [3.05, 3.63) is 96.1 Å². The summed E-state index contributed by atoms with van der Waals surface area (Å²) in [5.74, 6) is -0.0625. The fourth-order valence-corrected chi connectivity index (χ4v) is 4.43. The van der Waals surface area contributed by atoms with Gasteiger partial charge in [-0.2, -0.15) is 0 Å². The van der Waals surface area contributed by atoms with Gasteiger partial charge in [0.05, 0.1) is 11.5 Å². The molecule has 1 radical (unpaired) electrons. The Bertz CT molecular complexity index is 1340. The fraction of sp³-hybridized carbons (Fsp3) is 0.179. The van der Waals surface area contributed by atoms with Gasteiger partial charge < -0.3 is 5.11 Å². The van der Waals surface area contributed by atoms with Crippen LogP contribution >= 0.6 is 0 Å². The normalized spacial score (nSPS) is 13.3. The third kappa shape index (κ3) is 4.66. The van der Waals surface area contributed by atoms with Gasteiger partial charge in [0.15, 0.2) is 5.78 Å². The first-order valence-corrected chi connectivity index (χ1v) is 10.5. The van der Waals surface area contributed by atoms with Crippen molar-refractivity contribution in [2.24, 2.45) is 0 Å². The SMILES string of the molecule is CC(=O)/C=C(/C)O.CC1(C)c2ncnc(-c3[c-]cccc3)c2-c2ccc3ccccc3c21.[Ir]. The minimum absolute atomic E-state index is 0. The Balaban J connectivity index is 0.000000337. The first kappa shape index (κ1) is 24.5. The molecular formula is C28H25IrN2O2-. The maximum absolute atomic E-state index is 10.0. The van der Waals surface area contributed by atoms with Crippen molar-refractivity contribution in [2.45, 2.75) is 33.1 Å². The summed E-state index contributed by atoms with van der Waals surface area (Å²) in [5.41, 5.74) is 6.66. The average molecular weight is 614 g/mol. The molecule has 1 aliphatic rings. The molecule has 4 aromatic rings. The van der Waals surface area contributed by atoms with E-state index in [2.05, 4.69) is 67.4 Å². The number of allylic oxidation sites excluding steroid dienone is 2. The molecule has 0 saturated heterocycles. The van der Waals surface area contributed by atoms with E-state index in [1.54, 1.807) is 6.33 Å². The monoisotopic (exact) mass is 614 g/mol. The second kappa shape index (κ2) is 9.78. The molecule has 0 spiro atoms.